The third-order valence-corrected chi connectivity index (χ3v) is 4.73. The summed E-state index contributed by atoms with van der Waals surface area (Å²) < 4.78 is 47.5. The van der Waals surface area contributed by atoms with Crippen LogP contribution in [0.5, 0.6) is 0 Å². The standard InChI is InChI=1S/C25H17F3N2O/c1-31-9-8-17-14-29-25(30-15-17)20-12-23(27)22(24(28)13-20)7-3-16-2-4-19-11-21(26)6-5-18(19)10-16/h2,4-6,10-15H,8-9H2,1H3. The van der Waals surface area contributed by atoms with Gasteiger partial charge in [0.15, 0.2) is 5.82 Å². The lowest BCUT2D eigenvalue weighted by atomic mass is 10.1. The van der Waals surface area contributed by atoms with Gasteiger partial charge in [-0.1, -0.05) is 24.0 Å². The van der Waals surface area contributed by atoms with Crippen molar-refractivity contribution in [3.8, 4) is 23.2 Å². The Morgan fingerprint density at radius 3 is 2.23 bits per heavy atom. The van der Waals surface area contributed by atoms with E-state index in [1.165, 1.54) is 24.3 Å². The van der Waals surface area contributed by atoms with Gasteiger partial charge in [-0.2, -0.15) is 0 Å². The van der Waals surface area contributed by atoms with Crippen LogP contribution in [0.25, 0.3) is 22.2 Å². The molecule has 1 aromatic heterocycles. The molecule has 4 rings (SSSR count). The van der Waals surface area contributed by atoms with E-state index in [0.717, 1.165) is 16.3 Å². The fraction of sp³-hybridized carbons (Fsp3) is 0.120. The van der Waals surface area contributed by atoms with Crippen LogP contribution in [0.2, 0.25) is 0 Å². The van der Waals surface area contributed by atoms with E-state index >= 15 is 0 Å². The second-order valence-corrected chi connectivity index (χ2v) is 6.93. The van der Waals surface area contributed by atoms with Gasteiger partial charge in [-0.3, -0.25) is 0 Å². The Kier molecular flexibility index (Phi) is 5.96. The third kappa shape index (κ3) is 4.73. The smallest absolute Gasteiger partial charge is 0.159 e. The number of halogens is 3. The Morgan fingerprint density at radius 1 is 0.839 bits per heavy atom. The molecule has 6 heteroatoms. The summed E-state index contributed by atoms with van der Waals surface area (Å²) in [5.74, 6) is 3.63. The Morgan fingerprint density at radius 2 is 1.52 bits per heavy atom. The van der Waals surface area contributed by atoms with Crippen LogP contribution in [0, 0.1) is 29.3 Å². The highest BCUT2D eigenvalue weighted by Gasteiger charge is 2.12. The zero-order valence-corrected chi connectivity index (χ0v) is 16.6. The summed E-state index contributed by atoms with van der Waals surface area (Å²) in [4.78, 5) is 8.36. The first-order chi connectivity index (χ1) is 15.0. The summed E-state index contributed by atoms with van der Waals surface area (Å²) in [7, 11) is 1.60. The monoisotopic (exact) mass is 418 g/mol. The van der Waals surface area contributed by atoms with E-state index in [1.807, 2.05) is 0 Å². The minimum atomic E-state index is -0.794. The van der Waals surface area contributed by atoms with Gasteiger partial charge in [0.1, 0.15) is 17.5 Å². The number of aromatic nitrogens is 2. The minimum absolute atomic E-state index is 0.222. The van der Waals surface area contributed by atoms with Crippen LogP contribution in [0.4, 0.5) is 13.2 Å². The van der Waals surface area contributed by atoms with Crippen LogP contribution < -0.4 is 0 Å². The van der Waals surface area contributed by atoms with Gasteiger partial charge in [0, 0.05) is 30.6 Å². The first kappa shape index (κ1) is 20.6. The van der Waals surface area contributed by atoms with Gasteiger partial charge in [-0.15, -0.1) is 0 Å². The molecule has 0 aliphatic carbocycles. The zero-order chi connectivity index (χ0) is 21.8. The molecule has 0 N–H and O–H groups in total. The maximum absolute atomic E-state index is 14.6. The Bertz CT molecular complexity index is 1290. The van der Waals surface area contributed by atoms with Crippen LogP contribution in [0.15, 0.2) is 60.9 Å². The average molecular weight is 418 g/mol. The van der Waals surface area contributed by atoms with Gasteiger partial charge in [-0.05, 0) is 59.2 Å². The van der Waals surface area contributed by atoms with Crippen molar-refractivity contribution in [2.24, 2.45) is 0 Å². The van der Waals surface area contributed by atoms with Crippen LogP contribution >= 0.6 is 0 Å². The van der Waals surface area contributed by atoms with Crippen LogP contribution in [0.1, 0.15) is 16.7 Å². The molecule has 0 radical (unpaired) electrons. The number of hydrogen-bond acceptors (Lipinski definition) is 3. The summed E-state index contributed by atoms with van der Waals surface area (Å²) in [5, 5.41) is 1.51. The SMILES string of the molecule is COCCc1cnc(-c2cc(F)c(C#Cc3ccc4cc(F)ccc4c3)c(F)c2)nc1. The van der Waals surface area contributed by atoms with Crippen LogP contribution in [0.3, 0.4) is 0 Å². The van der Waals surface area contributed by atoms with E-state index < -0.39 is 11.6 Å². The van der Waals surface area contributed by atoms with E-state index in [2.05, 4.69) is 21.8 Å². The summed E-state index contributed by atoms with van der Waals surface area (Å²) in [6.45, 7) is 0.535. The first-order valence-corrected chi connectivity index (χ1v) is 9.54. The summed E-state index contributed by atoms with van der Waals surface area (Å²) in [5.41, 5.74) is 1.33. The van der Waals surface area contributed by atoms with E-state index in [4.69, 9.17) is 4.74 Å². The number of ether oxygens (including phenoxy) is 1. The highest BCUT2D eigenvalue weighted by atomic mass is 19.1. The molecule has 0 aliphatic rings. The molecule has 31 heavy (non-hydrogen) atoms. The molecule has 154 valence electrons. The topological polar surface area (TPSA) is 35.0 Å². The minimum Gasteiger partial charge on any atom is -0.384 e. The predicted octanol–water partition coefficient (Wildman–Crippen LogP) is 5.30. The van der Waals surface area contributed by atoms with Crippen molar-refractivity contribution < 1.29 is 17.9 Å². The average Bonchev–Trinajstić information content (AvgIpc) is 2.77. The molecule has 0 spiro atoms. The maximum atomic E-state index is 14.6. The van der Waals surface area contributed by atoms with Crippen molar-refractivity contribution in [2.75, 3.05) is 13.7 Å². The normalized spacial score (nSPS) is 10.7. The van der Waals surface area contributed by atoms with Crippen molar-refractivity contribution in [3.63, 3.8) is 0 Å². The molecular weight excluding hydrogens is 401 g/mol. The highest BCUT2D eigenvalue weighted by Crippen LogP contribution is 2.22. The molecule has 4 aromatic rings. The summed E-state index contributed by atoms with van der Waals surface area (Å²) in [6, 6.07) is 11.9. The molecule has 0 saturated heterocycles. The van der Waals surface area contributed by atoms with E-state index in [1.54, 1.807) is 43.8 Å². The zero-order valence-electron chi connectivity index (χ0n) is 16.6. The molecule has 0 unspecified atom stereocenters. The van der Waals surface area contributed by atoms with Crippen LogP contribution in [-0.2, 0) is 11.2 Å². The largest absolute Gasteiger partial charge is 0.384 e. The van der Waals surface area contributed by atoms with Gasteiger partial charge >= 0.3 is 0 Å². The van der Waals surface area contributed by atoms with Crippen molar-refractivity contribution in [1.29, 1.82) is 0 Å². The number of methoxy groups -OCH3 is 1. The summed E-state index contributed by atoms with van der Waals surface area (Å²) >= 11 is 0. The molecule has 0 aliphatic heterocycles. The van der Waals surface area contributed by atoms with E-state index in [0.29, 0.717) is 18.6 Å². The Balaban J connectivity index is 1.60. The number of rotatable bonds is 4. The fourth-order valence-corrected chi connectivity index (χ4v) is 3.10. The molecule has 3 aromatic carbocycles. The molecule has 1 heterocycles. The van der Waals surface area contributed by atoms with Crippen molar-refractivity contribution >= 4 is 10.8 Å². The van der Waals surface area contributed by atoms with Crippen molar-refractivity contribution in [1.82, 2.24) is 9.97 Å². The van der Waals surface area contributed by atoms with Gasteiger partial charge in [0.25, 0.3) is 0 Å². The van der Waals surface area contributed by atoms with Gasteiger partial charge in [0.05, 0.1) is 12.2 Å². The quantitative estimate of drug-likeness (QED) is 0.422. The predicted molar refractivity (Wildman–Crippen MR) is 113 cm³/mol. The van der Waals surface area contributed by atoms with E-state index in [9.17, 15) is 13.2 Å². The number of hydrogen-bond donors (Lipinski definition) is 0. The second kappa shape index (κ2) is 8.99. The van der Waals surface area contributed by atoms with Gasteiger partial charge in [0.2, 0.25) is 0 Å². The lowest BCUT2D eigenvalue weighted by Crippen LogP contribution is -1.99. The van der Waals surface area contributed by atoms with Crippen LogP contribution in [-0.4, -0.2) is 23.7 Å². The number of fused-ring (bicyclic) bond motifs is 1. The molecule has 0 saturated carbocycles. The Labute approximate surface area is 177 Å². The van der Waals surface area contributed by atoms with E-state index in [-0.39, 0.29) is 22.8 Å². The summed E-state index contributed by atoms with van der Waals surface area (Å²) in [6.07, 6.45) is 3.87. The lowest BCUT2D eigenvalue weighted by Gasteiger charge is -2.05. The molecule has 0 fully saturated rings. The van der Waals surface area contributed by atoms with Crippen molar-refractivity contribution in [2.45, 2.75) is 6.42 Å². The van der Waals surface area contributed by atoms with Gasteiger partial charge < -0.3 is 4.74 Å². The lowest BCUT2D eigenvalue weighted by molar-refractivity contribution is 0.202. The Hall–Kier alpha value is -3.69. The molecular formula is C25H17F3N2O. The first-order valence-electron chi connectivity index (χ1n) is 9.54. The maximum Gasteiger partial charge on any atom is 0.159 e. The highest BCUT2D eigenvalue weighted by molar-refractivity contribution is 5.84. The number of benzene rings is 3. The van der Waals surface area contributed by atoms with Gasteiger partial charge in [-0.25, -0.2) is 23.1 Å². The third-order valence-electron chi connectivity index (χ3n) is 4.73. The molecule has 0 bridgehead atoms. The van der Waals surface area contributed by atoms with Crippen molar-refractivity contribution in [3.05, 3.63) is 95.1 Å². The fourth-order valence-electron chi connectivity index (χ4n) is 3.10. The second-order valence-electron chi connectivity index (χ2n) is 6.93. The molecule has 0 atom stereocenters. The molecule has 3 nitrogen and oxygen atoms in total. The molecule has 0 amide bonds. The number of nitrogens with zero attached hydrogens (tertiary/aromatic N) is 2.